The summed E-state index contributed by atoms with van der Waals surface area (Å²) >= 11 is 0. The van der Waals surface area contributed by atoms with Crippen LogP contribution in [-0.2, 0) is 4.79 Å². The number of Topliss-reactive ketones (excluding diaryl/α,β-unsaturated/α-hetero) is 1. The summed E-state index contributed by atoms with van der Waals surface area (Å²) in [5.74, 6) is 1.28. The Morgan fingerprint density at radius 3 is 2.47 bits per heavy atom. The number of fused-ring (bicyclic) bond motifs is 6. The van der Waals surface area contributed by atoms with Crippen LogP contribution in [0.25, 0.3) is 0 Å². The Hall–Kier alpha value is -4.06. The number of carbonyl (C=O) groups is 2. The van der Waals surface area contributed by atoms with Crippen molar-refractivity contribution in [3.8, 4) is 11.5 Å². The Kier molecular flexibility index (Phi) is 4.69. The van der Waals surface area contributed by atoms with E-state index in [0.29, 0.717) is 35.5 Å². The van der Waals surface area contributed by atoms with Crippen LogP contribution < -0.4 is 19.7 Å². The third-order valence-electron chi connectivity index (χ3n) is 7.07. The fraction of sp³-hybridized carbons (Fsp3) is 0.214. The van der Waals surface area contributed by atoms with Crippen LogP contribution >= 0.6 is 0 Å². The second kappa shape index (κ2) is 7.76. The lowest BCUT2D eigenvalue weighted by molar-refractivity contribution is -0.116. The molecule has 3 aromatic carbocycles. The van der Waals surface area contributed by atoms with Gasteiger partial charge in [0.05, 0.1) is 31.6 Å². The number of methoxy groups -OCH3 is 2. The first kappa shape index (κ1) is 20.5. The first-order valence-corrected chi connectivity index (χ1v) is 11.4. The summed E-state index contributed by atoms with van der Waals surface area (Å²) < 4.78 is 10.9. The highest BCUT2D eigenvalue weighted by Gasteiger charge is 2.46. The number of hydrogen-bond acceptors (Lipinski definition) is 5. The van der Waals surface area contributed by atoms with Crippen LogP contribution in [0.1, 0.15) is 46.3 Å². The van der Waals surface area contributed by atoms with E-state index in [-0.39, 0.29) is 17.6 Å². The van der Waals surface area contributed by atoms with Crippen LogP contribution in [0.15, 0.2) is 78.0 Å². The molecule has 34 heavy (non-hydrogen) atoms. The van der Waals surface area contributed by atoms with Crippen LogP contribution in [0.4, 0.5) is 11.4 Å². The molecule has 170 valence electrons. The van der Waals surface area contributed by atoms with Gasteiger partial charge in [0.25, 0.3) is 5.91 Å². The number of benzene rings is 3. The average Bonchev–Trinajstić information content (AvgIpc) is 3.06. The summed E-state index contributed by atoms with van der Waals surface area (Å²) in [6.45, 7) is 0. The number of hydrogen-bond donors (Lipinski definition) is 1. The molecule has 2 heterocycles. The lowest BCUT2D eigenvalue weighted by Gasteiger charge is -2.31. The van der Waals surface area contributed by atoms with Crippen molar-refractivity contribution >= 4 is 23.1 Å². The molecule has 6 rings (SSSR count). The maximum absolute atomic E-state index is 13.8. The van der Waals surface area contributed by atoms with Gasteiger partial charge < -0.3 is 14.8 Å². The molecular formula is C28H24N2O4. The predicted molar refractivity (Wildman–Crippen MR) is 130 cm³/mol. The zero-order valence-corrected chi connectivity index (χ0v) is 19.0. The normalized spacial score (nSPS) is 20.6. The molecule has 3 aliphatic rings. The molecule has 2 atom stereocenters. The Morgan fingerprint density at radius 2 is 1.65 bits per heavy atom. The van der Waals surface area contributed by atoms with Crippen molar-refractivity contribution in [3.05, 3.63) is 94.7 Å². The summed E-state index contributed by atoms with van der Waals surface area (Å²) in [6, 6.07) is 20.8. The standard InChI is InChI=1S/C28H24N2O4/c1-33-24-12-11-16(15-25(24)34-2)17-13-21-26(23(31)14-17)27-18-7-3-4-8-19(18)28(32)30(27)22-10-6-5-9-20(22)29-21/h3-12,15,17,27,29H,13-14H2,1-2H3/t17-,27+/m0/s1. The molecule has 0 spiro atoms. The highest BCUT2D eigenvalue weighted by atomic mass is 16.5. The molecule has 1 N–H and O–H groups in total. The molecule has 0 radical (unpaired) electrons. The lowest BCUT2D eigenvalue weighted by atomic mass is 9.78. The fourth-order valence-electron chi connectivity index (χ4n) is 5.51. The Balaban J connectivity index is 1.49. The third kappa shape index (κ3) is 2.95. The van der Waals surface area contributed by atoms with Gasteiger partial charge >= 0.3 is 0 Å². The second-order valence-electron chi connectivity index (χ2n) is 8.84. The largest absolute Gasteiger partial charge is 0.493 e. The monoisotopic (exact) mass is 452 g/mol. The van der Waals surface area contributed by atoms with Crippen LogP contribution in [0, 0.1) is 0 Å². The topological polar surface area (TPSA) is 67.9 Å². The van der Waals surface area contributed by atoms with Crippen molar-refractivity contribution in [3.63, 3.8) is 0 Å². The molecular weight excluding hydrogens is 428 g/mol. The zero-order valence-electron chi connectivity index (χ0n) is 19.0. The van der Waals surface area contributed by atoms with Gasteiger partial charge in [-0.25, -0.2) is 0 Å². The van der Waals surface area contributed by atoms with Gasteiger partial charge in [-0.15, -0.1) is 0 Å². The van der Waals surface area contributed by atoms with Gasteiger partial charge in [-0.05, 0) is 53.8 Å². The molecule has 0 aromatic heterocycles. The van der Waals surface area contributed by atoms with Gasteiger partial charge in [0, 0.05) is 23.3 Å². The first-order chi connectivity index (χ1) is 16.6. The summed E-state index contributed by atoms with van der Waals surface area (Å²) in [6.07, 6.45) is 1.03. The van der Waals surface area contributed by atoms with E-state index in [0.717, 1.165) is 28.2 Å². The van der Waals surface area contributed by atoms with Gasteiger partial charge in [-0.3, -0.25) is 14.5 Å². The van der Waals surface area contributed by atoms with E-state index in [1.54, 1.807) is 19.1 Å². The van der Waals surface area contributed by atoms with Crippen molar-refractivity contribution in [2.75, 3.05) is 24.4 Å². The average molecular weight is 453 g/mol. The van der Waals surface area contributed by atoms with E-state index in [1.165, 1.54) is 0 Å². The van der Waals surface area contributed by atoms with Crippen molar-refractivity contribution in [2.45, 2.75) is 24.8 Å². The fourth-order valence-corrected chi connectivity index (χ4v) is 5.51. The van der Waals surface area contributed by atoms with Gasteiger partial charge in [0.1, 0.15) is 0 Å². The van der Waals surface area contributed by atoms with Gasteiger partial charge in [-0.2, -0.15) is 0 Å². The predicted octanol–water partition coefficient (Wildman–Crippen LogP) is 5.23. The maximum Gasteiger partial charge on any atom is 0.259 e. The van der Waals surface area contributed by atoms with E-state index in [2.05, 4.69) is 5.32 Å². The number of anilines is 2. The number of allylic oxidation sites excluding steroid dienone is 1. The van der Waals surface area contributed by atoms with Gasteiger partial charge in [-0.1, -0.05) is 36.4 Å². The van der Waals surface area contributed by atoms with Crippen LogP contribution in [-0.4, -0.2) is 25.9 Å². The highest BCUT2D eigenvalue weighted by molar-refractivity contribution is 6.16. The highest BCUT2D eigenvalue weighted by Crippen LogP contribution is 2.51. The van der Waals surface area contributed by atoms with Crippen molar-refractivity contribution in [1.82, 2.24) is 0 Å². The van der Waals surface area contributed by atoms with E-state index >= 15 is 0 Å². The summed E-state index contributed by atoms with van der Waals surface area (Å²) in [4.78, 5) is 29.0. The number of carbonyl (C=O) groups excluding carboxylic acids is 2. The molecule has 1 amide bonds. The van der Waals surface area contributed by atoms with Crippen molar-refractivity contribution in [1.29, 1.82) is 0 Å². The summed E-state index contributed by atoms with van der Waals surface area (Å²) in [7, 11) is 3.22. The number of nitrogens with zero attached hydrogens (tertiary/aromatic N) is 1. The number of amides is 1. The minimum absolute atomic E-state index is 0.00961. The Bertz CT molecular complexity index is 1380. The minimum atomic E-state index is -0.422. The zero-order chi connectivity index (χ0) is 23.4. The molecule has 0 bridgehead atoms. The van der Waals surface area contributed by atoms with Crippen LogP contribution in [0.5, 0.6) is 11.5 Å². The van der Waals surface area contributed by atoms with Gasteiger partial charge in [0.15, 0.2) is 17.3 Å². The van der Waals surface area contributed by atoms with E-state index in [9.17, 15) is 9.59 Å². The molecule has 3 aromatic rings. The van der Waals surface area contributed by atoms with Crippen molar-refractivity contribution in [2.24, 2.45) is 0 Å². The number of nitrogens with one attached hydrogen (secondary N) is 1. The molecule has 0 unspecified atom stereocenters. The van der Waals surface area contributed by atoms with Crippen LogP contribution in [0.3, 0.4) is 0 Å². The van der Waals surface area contributed by atoms with Crippen LogP contribution in [0.2, 0.25) is 0 Å². The molecule has 0 saturated carbocycles. The number of ether oxygens (including phenoxy) is 2. The molecule has 0 fully saturated rings. The molecule has 1 aliphatic carbocycles. The maximum atomic E-state index is 13.8. The van der Waals surface area contributed by atoms with Gasteiger partial charge in [0.2, 0.25) is 0 Å². The third-order valence-corrected chi connectivity index (χ3v) is 7.07. The molecule has 6 heteroatoms. The number of para-hydroxylation sites is 2. The van der Waals surface area contributed by atoms with Crippen molar-refractivity contribution < 1.29 is 19.1 Å². The smallest absolute Gasteiger partial charge is 0.259 e. The minimum Gasteiger partial charge on any atom is -0.493 e. The summed E-state index contributed by atoms with van der Waals surface area (Å²) in [5, 5.41) is 3.53. The lowest BCUT2D eigenvalue weighted by Crippen LogP contribution is -2.32. The molecule has 0 saturated heterocycles. The Labute approximate surface area is 197 Å². The Morgan fingerprint density at radius 1 is 0.882 bits per heavy atom. The molecule has 6 nitrogen and oxygen atoms in total. The quantitative estimate of drug-likeness (QED) is 0.589. The second-order valence-corrected chi connectivity index (χ2v) is 8.84. The van der Waals surface area contributed by atoms with E-state index in [1.807, 2.05) is 66.7 Å². The molecule has 2 aliphatic heterocycles. The SMILES string of the molecule is COc1ccc([C@@H]2CC(=O)C3=C(C2)Nc2ccccc2N2C(=O)c4ccccc4[C@H]32)cc1OC. The van der Waals surface area contributed by atoms with E-state index in [4.69, 9.17) is 9.47 Å². The summed E-state index contributed by atoms with van der Waals surface area (Å²) in [5.41, 5.74) is 5.75. The number of rotatable bonds is 3. The van der Waals surface area contributed by atoms with E-state index < -0.39 is 6.04 Å². The first-order valence-electron chi connectivity index (χ1n) is 11.4. The number of ketones is 1.